The van der Waals surface area contributed by atoms with Crippen LogP contribution in [0.1, 0.15) is 34.7 Å². The highest BCUT2D eigenvalue weighted by Gasteiger charge is 2.42. The molecule has 5 aromatic rings. The highest BCUT2D eigenvalue weighted by Crippen LogP contribution is 2.44. The number of amides is 1. The van der Waals surface area contributed by atoms with Gasteiger partial charge in [-0.2, -0.15) is 0 Å². The van der Waals surface area contributed by atoms with Gasteiger partial charge in [0.2, 0.25) is 5.91 Å². The number of benzene rings is 3. The summed E-state index contributed by atoms with van der Waals surface area (Å²) in [5, 5.41) is 9.44. The Morgan fingerprint density at radius 3 is 2.51 bits per heavy atom. The van der Waals surface area contributed by atoms with Gasteiger partial charge in [0.05, 0.1) is 23.5 Å². The summed E-state index contributed by atoms with van der Waals surface area (Å²) in [5.41, 5.74) is 7.13. The number of carbonyl (C=O) groups is 1. The smallest absolute Gasteiger partial charge is 0.250 e. The number of nitrogens with one attached hydrogen (secondary N) is 2. The van der Waals surface area contributed by atoms with E-state index in [0.29, 0.717) is 10.8 Å². The van der Waals surface area contributed by atoms with Crippen LogP contribution in [-0.2, 0) is 9.53 Å². The van der Waals surface area contributed by atoms with Crippen LogP contribution in [0.2, 0.25) is 0 Å². The molecule has 41 heavy (non-hydrogen) atoms. The third-order valence-electron chi connectivity index (χ3n) is 7.60. The van der Waals surface area contributed by atoms with Gasteiger partial charge < -0.3 is 24.8 Å². The van der Waals surface area contributed by atoms with Crippen molar-refractivity contribution in [1.29, 1.82) is 0 Å². The van der Waals surface area contributed by atoms with Crippen LogP contribution in [0, 0.1) is 13.8 Å². The van der Waals surface area contributed by atoms with Gasteiger partial charge in [0.15, 0.2) is 5.11 Å². The highest BCUT2D eigenvalue weighted by atomic mass is 32.1. The van der Waals surface area contributed by atoms with E-state index < -0.39 is 0 Å². The number of carbonyl (C=O) groups excluding carboxylic acids is 1. The van der Waals surface area contributed by atoms with Crippen molar-refractivity contribution in [3.8, 4) is 5.69 Å². The van der Waals surface area contributed by atoms with E-state index in [1.165, 1.54) is 17.9 Å². The molecule has 1 fully saturated rings. The molecule has 6 rings (SSSR count). The minimum atomic E-state index is -0.201. The number of rotatable bonds is 7. The molecule has 2 aromatic heterocycles. The number of hydrogen-bond donors (Lipinski definition) is 2. The van der Waals surface area contributed by atoms with Crippen LogP contribution in [0.25, 0.3) is 16.5 Å². The number of hydrogen-bond acceptors (Lipinski definition) is 4. The maximum absolute atomic E-state index is 12.0. The largest absolute Gasteiger partial charge is 0.375 e. The van der Waals surface area contributed by atoms with Crippen LogP contribution in [0.15, 0.2) is 97.2 Å². The van der Waals surface area contributed by atoms with Crippen molar-refractivity contribution in [1.82, 2.24) is 14.9 Å². The SMILES string of the molecule is COCC(=O)Nc1ccc(N2C(=S)N[C@H](c3ccccn3)[C@H]2c2cc(C)n(-c3cccc4ccccc34)c2C)cc1. The molecular weight excluding hydrogens is 530 g/mol. The van der Waals surface area contributed by atoms with E-state index in [2.05, 4.69) is 82.5 Å². The topological polar surface area (TPSA) is 71.4 Å². The molecule has 1 amide bonds. The monoisotopic (exact) mass is 561 g/mol. The van der Waals surface area contributed by atoms with Crippen molar-refractivity contribution in [2.75, 3.05) is 23.9 Å². The van der Waals surface area contributed by atoms with E-state index in [1.54, 1.807) is 0 Å². The van der Waals surface area contributed by atoms with Crippen molar-refractivity contribution in [2.24, 2.45) is 0 Å². The van der Waals surface area contributed by atoms with Crippen molar-refractivity contribution in [2.45, 2.75) is 25.9 Å². The fraction of sp³-hybridized carbons (Fsp3) is 0.182. The number of nitrogens with zero attached hydrogens (tertiary/aromatic N) is 3. The van der Waals surface area contributed by atoms with Gasteiger partial charge in [0.1, 0.15) is 6.61 Å². The average Bonchev–Trinajstić information content (AvgIpc) is 3.48. The van der Waals surface area contributed by atoms with Crippen molar-refractivity contribution in [3.63, 3.8) is 0 Å². The van der Waals surface area contributed by atoms with E-state index in [-0.39, 0.29) is 24.6 Å². The van der Waals surface area contributed by atoms with Crippen LogP contribution in [0.5, 0.6) is 0 Å². The number of aryl methyl sites for hydroxylation is 1. The fourth-order valence-electron chi connectivity index (χ4n) is 5.84. The molecule has 2 N–H and O–H groups in total. The van der Waals surface area contributed by atoms with Gasteiger partial charge in [-0.15, -0.1) is 0 Å². The molecular formula is C33H31N5O2S. The van der Waals surface area contributed by atoms with Gasteiger partial charge in [0.25, 0.3) is 0 Å². The standard InChI is InChI=1S/C33H31N5O2S/c1-21-19-27(22(2)37(21)29-13-8-10-23-9-4-5-11-26(23)29)32-31(28-12-6-7-18-34-28)36-33(41)38(32)25-16-14-24(15-17-25)35-30(39)20-40-3/h4-19,31-32H,20H2,1-3H3,(H,35,39)(H,36,41)/t31-,32-/m1/s1. The minimum Gasteiger partial charge on any atom is -0.375 e. The summed E-state index contributed by atoms with van der Waals surface area (Å²) in [6.07, 6.45) is 1.82. The Kier molecular flexibility index (Phi) is 7.26. The Hall–Kier alpha value is -4.53. The Labute approximate surface area is 244 Å². The molecule has 0 bridgehead atoms. The summed E-state index contributed by atoms with van der Waals surface area (Å²) in [6.45, 7) is 4.33. The molecule has 1 aliphatic rings. The Morgan fingerprint density at radius 2 is 1.76 bits per heavy atom. The molecule has 0 radical (unpaired) electrons. The zero-order valence-electron chi connectivity index (χ0n) is 23.2. The zero-order valence-corrected chi connectivity index (χ0v) is 24.0. The first kappa shape index (κ1) is 26.7. The maximum Gasteiger partial charge on any atom is 0.250 e. The Balaban J connectivity index is 1.46. The molecule has 2 atom stereocenters. The lowest BCUT2D eigenvalue weighted by Crippen LogP contribution is -2.29. The molecule has 8 heteroatoms. The van der Waals surface area contributed by atoms with Crippen molar-refractivity contribution < 1.29 is 9.53 Å². The second-order valence-corrected chi connectivity index (χ2v) is 10.6. The van der Waals surface area contributed by atoms with Gasteiger partial charge >= 0.3 is 0 Å². The minimum absolute atomic E-state index is 0.00201. The Bertz CT molecular complexity index is 1730. The second-order valence-electron chi connectivity index (χ2n) is 10.2. The number of fused-ring (bicyclic) bond motifs is 1. The second kappa shape index (κ2) is 11.2. The molecule has 1 aliphatic heterocycles. The number of thiocarbonyl (C=S) groups is 1. The van der Waals surface area contributed by atoms with Crippen molar-refractivity contribution >= 4 is 45.4 Å². The normalized spacial score (nSPS) is 16.7. The van der Waals surface area contributed by atoms with Crippen LogP contribution in [0.4, 0.5) is 11.4 Å². The summed E-state index contributed by atoms with van der Waals surface area (Å²) in [5.74, 6) is -0.201. The van der Waals surface area contributed by atoms with Gasteiger partial charge in [0, 0.05) is 41.5 Å². The van der Waals surface area contributed by atoms with Crippen LogP contribution >= 0.6 is 12.2 Å². The van der Waals surface area contributed by atoms with E-state index >= 15 is 0 Å². The Morgan fingerprint density at radius 1 is 1.00 bits per heavy atom. The summed E-state index contributed by atoms with van der Waals surface area (Å²) < 4.78 is 7.27. The predicted molar refractivity (Wildman–Crippen MR) is 168 cm³/mol. The molecule has 7 nitrogen and oxygen atoms in total. The molecule has 0 aliphatic carbocycles. The third-order valence-corrected chi connectivity index (χ3v) is 7.91. The molecule has 206 valence electrons. The maximum atomic E-state index is 12.0. The summed E-state index contributed by atoms with van der Waals surface area (Å²) in [7, 11) is 1.50. The number of anilines is 2. The van der Waals surface area contributed by atoms with Crippen LogP contribution in [-0.4, -0.2) is 34.3 Å². The molecule has 3 aromatic carbocycles. The number of ether oxygens (including phenoxy) is 1. The molecule has 0 spiro atoms. The first-order valence-electron chi connectivity index (χ1n) is 13.5. The molecule has 3 heterocycles. The summed E-state index contributed by atoms with van der Waals surface area (Å²) in [6, 6.07) is 30.5. The first-order chi connectivity index (χ1) is 20.0. The number of methoxy groups -OCH3 is 1. The zero-order chi connectivity index (χ0) is 28.5. The first-order valence-corrected chi connectivity index (χ1v) is 13.9. The fourth-order valence-corrected chi connectivity index (χ4v) is 6.19. The predicted octanol–water partition coefficient (Wildman–Crippen LogP) is 6.40. The van der Waals surface area contributed by atoms with Gasteiger partial charge in [-0.3, -0.25) is 9.78 Å². The van der Waals surface area contributed by atoms with E-state index in [9.17, 15) is 4.79 Å². The van der Waals surface area contributed by atoms with Gasteiger partial charge in [-0.25, -0.2) is 0 Å². The lowest BCUT2D eigenvalue weighted by Gasteiger charge is -2.28. The number of pyridine rings is 1. The third kappa shape index (κ3) is 4.96. The van der Waals surface area contributed by atoms with Crippen LogP contribution < -0.4 is 15.5 Å². The highest BCUT2D eigenvalue weighted by molar-refractivity contribution is 7.80. The lowest BCUT2D eigenvalue weighted by atomic mass is 9.96. The van der Waals surface area contributed by atoms with Crippen LogP contribution in [0.3, 0.4) is 0 Å². The summed E-state index contributed by atoms with van der Waals surface area (Å²) >= 11 is 5.95. The quantitative estimate of drug-likeness (QED) is 0.224. The molecule has 0 unspecified atom stereocenters. The number of aromatic nitrogens is 2. The van der Waals surface area contributed by atoms with E-state index in [0.717, 1.165) is 34.0 Å². The average molecular weight is 562 g/mol. The summed E-state index contributed by atoms with van der Waals surface area (Å²) in [4.78, 5) is 18.9. The van der Waals surface area contributed by atoms with E-state index in [1.807, 2.05) is 48.7 Å². The molecule has 0 saturated carbocycles. The van der Waals surface area contributed by atoms with Crippen molar-refractivity contribution in [3.05, 3.63) is 120 Å². The van der Waals surface area contributed by atoms with E-state index in [4.69, 9.17) is 21.9 Å². The lowest BCUT2D eigenvalue weighted by molar-refractivity contribution is -0.119. The molecule has 1 saturated heterocycles. The van der Waals surface area contributed by atoms with Gasteiger partial charge in [-0.1, -0.05) is 42.5 Å². The van der Waals surface area contributed by atoms with Gasteiger partial charge in [-0.05, 0) is 85.5 Å².